The molecule has 1 aliphatic rings. The lowest BCUT2D eigenvalue weighted by molar-refractivity contribution is 0.0594. The third-order valence-corrected chi connectivity index (χ3v) is 5.70. The van der Waals surface area contributed by atoms with Gasteiger partial charge in [-0.25, -0.2) is 13.1 Å². The number of alkyl halides is 1. The van der Waals surface area contributed by atoms with Gasteiger partial charge in [-0.1, -0.05) is 64.5 Å². The molecule has 134 valence electrons. The summed E-state index contributed by atoms with van der Waals surface area (Å²) in [6.45, 7) is 1.05. The van der Waals surface area contributed by atoms with Crippen molar-refractivity contribution in [3.05, 3.63) is 59.7 Å². The number of hydrogen-bond donors (Lipinski definition) is 1. The number of benzene rings is 2. The molecule has 3 rings (SSSR count). The Kier molecular flexibility index (Phi) is 6.24. The maximum atomic E-state index is 11.4. The molecule has 0 unspecified atom stereocenters. The molecule has 1 N–H and O–H groups in total. The van der Waals surface area contributed by atoms with Crippen LogP contribution >= 0.6 is 15.9 Å². The summed E-state index contributed by atoms with van der Waals surface area (Å²) in [5, 5.41) is 0.853. The van der Waals surface area contributed by atoms with Gasteiger partial charge in [0.15, 0.2) is 5.94 Å². The summed E-state index contributed by atoms with van der Waals surface area (Å²) in [5.41, 5.74) is 4.61. The molecule has 2 aromatic carbocycles. The Bertz CT molecular complexity index is 791. The molecule has 0 aromatic heterocycles. The van der Waals surface area contributed by atoms with E-state index >= 15 is 0 Å². The number of nitrogens with one attached hydrogen (secondary N) is 1. The van der Waals surface area contributed by atoms with Crippen LogP contribution in [0.4, 0.5) is 0 Å². The first-order chi connectivity index (χ1) is 12.1. The normalized spacial score (nSPS) is 19.6. The average molecular weight is 426 g/mol. The van der Waals surface area contributed by atoms with Crippen LogP contribution < -0.4 is 4.72 Å². The van der Waals surface area contributed by atoms with E-state index in [0.717, 1.165) is 16.5 Å². The van der Waals surface area contributed by atoms with Crippen molar-refractivity contribution in [3.63, 3.8) is 0 Å². The Morgan fingerprint density at radius 3 is 2.20 bits per heavy atom. The molecule has 1 aliphatic heterocycles. The van der Waals surface area contributed by atoms with E-state index in [9.17, 15) is 8.42 Å². The number of hydrogen-bond acceptors (Lipinski definition) is 4. The lowest BCUT2D eigenvalue weighted by atomic mass is 10.0. The molecule has 0 saturated carbocycles. The fourth-order valence-electron chi connectivity index (χ4n) is 2.60. The summed E-state index contributed by atoms with van der Waals surface area (Å²) in [6, 6.07) is 16.3. The Hall–Kier alpha value is -1.25. The van der Waals surface area contributed by atoms with E-state index in [0.29, 0.717) is 13.2 Å². The minimum absolute atomic E-state index is 0.276. The fourth-order valence-corrected chi connectivity index (χ4v) is 4.00. The van der Waals surface area contributed by atoms with Crippen LogP contribution in [0.15, 0.2) is 48.5 Å². The predicted octanol–water partition coefficient (Wildman–Crippen LogP) is 3.04. The highest BCUT2D eigenvalue weighted by atomic mass is 79.9. The summed E-state index contributed by atoms with van der Waals surface area (Å²) in [5.74, 6) is -0.276. The standard InChI is InChI=1S/C18H20BrNO4S/c19-9-14-1-5-16(6-2-14)17-7-3-15(4-8-17)10-23-11-18-12-24-13-25(21,22)20-18/h1-8,18,20H,9-13H2/t18-/m1/s1. The molecular formula is C18H20BrNO4S. The maximum absolute atomic E-state index is 11.4. The molecule has 0 bridgehead atoms. The lowest BCUT2D eigenvalue weighted by Gasteiger charge is -2.23. The van der Waals surface area contributed by atoms with Crippen molar-refractivity contribution < 1.29 is 17.9 Å². The van der Waals surface area contributed by atoms with E-state index in [4.69, 9.17) is 9.47 Å². The quantitative estimate of drug-likeness (QED) is 0.722. The van der Waals surface area contributed by atoms with Gasteiger partial charge in [0.05, 0.1) is 25.9 Å². The van der Waals surface area contributed by atoms with E-state index in [2.05, 4.69) is 57.1 Å². The van der Waals surface area contributed by atoms with Gasteiger partial charge in [-0.15, -0.1) is 0 Å². The van der Waals surface area contributed by atoms with E-state index < -0.39 is 10.0 Å². The summed E-state index contributed by atoms with van der Waals surface area (Å²) in [4.78, 5) is 0. The van der Waals surface area contributed by atoms with Crippen LogP contribution in [0.5, 0.6) is 0 Å². The van der Waals surface area contributed by atoms with Crippen LogP contribution in [0.1, 0.15) is 11.1 Å². The van der Waals surface area contributed by atoms with Crippen LogP contribution in [-0.4, -0.2) is 33.6 Å². The zero-order valence-corrected chi connectivity index (χ0v) is 16.1. The molecule has 0 radical (unpaired) electrons. The smallest absolute Gasteiger partial charge is 0.236 e. The van der Waals surface area contributed by atoms with Crippen molar-refractivity contribution in [3.8, 4) is 11.1 Å². The molecule has 0 spiro atoms. The highest BCUT2D eigenvalue weighted by molar-refractivity contribution is 9.08. The Morgan fingerprint density at radius 1 is 1.04 bits per heavy atom. The summed E-state index contributed by atoms with van der Waals surface area (Å²) >= 11 is 3.45. The van der Waals surface area contributed by atoms with Gasteiger partial charge in [-0.05, 0) is 22.3 Å². The van der Waals surface area contributed by atoms with Crippen LogP contribution in [0.25, 0.3) is 11.1 Å². The van der Waals surface area contributed by atoms with E-state index in [1.807, 2.05) is 12.1 Å². The predicted molar refractivity (Wildman–Crippen MR) is 101 cm³/mol. The van der Waals surface area contributed by atoms with Crippen LogP contribution in [0.3, 0.4) is 0 Å². The molecule has 0 amide bonds. The Morgan fingerprint density at radius 2 is 1.64 bits per heavy atom. The van der Waals surface area contributed by atoms with Crippen molar-refractivity contribution in [1.29, 1.82) is 0 Å². The third-order valence-electron chi connectivity index (χ3n) is 3.89. The van der Waals surface area contributed by atoms with Crippen LogP contribution in [0, 0.1) is 0 Å². The number of halogens is 1. The van der Waals surface area contributed by atoms with Crippen molar-refractivity contribution >= 4 is 26.0 Å². The zero-order valence-electron chi connectivity index (χ0n) is 13.7. The summed E-state index contributed by atoms with van der Waals surface area (Å²) < 4.78 is 36.0. The molecule has 2 aromatic rings. The first-order valence-corrected chi connectivity index (χ1v) is 10.7. The topological polar surface area (TPSA) is 64.6 Å². The van der Waals surface area contributed by atoms with Gasteiger partial charge in [0, 0.05) is 5.33 Å². The molecule has 0 aliphatic carbocycles. The lowest BCUT2D eigenvalue weighted by Crippen LogP contribution is -2.47. The summed E-state index contributed by atoms with van der Waals surface area (Å²) in [7, 11) is -3.32. The van der Waals surface area contributed by atoms with E-state index in [-0.39, 0.29) is 18.6 Å². The van der Waals surface area contributed by atoms with Gasteiger partial charge >= 0.3 is 0 Å². The Balaban J connectivity index is 1.52. The molecule has 25 heavy (non-hydrogen) atoms. The second kappa shape index (κ2) is 8.42. The molecule has 1 atom stereocenters. The molecule has 5 nitrogen and oxygen atoms in total. The van der Waals surface area contributed by atoms with E-state index in [1.54, 1.807) is 0 Å². The van der Waals surface area contributed by atoms with Crippen LogP contribution in [-0.2, 0) is 31.4 Å². The van der Waals surface area contributed by atoms with Gasteiger partial charge in [0.25, 0.3) is 0 Å². The van der Waals surface area contributed by atoms with Crippen molar-refractivity contribution in [2.45, 2.75) is 18.0 Å². The highest BCUT2D eigenvalue weighted by Gasteiger charge is 2.24. The van der Waals surface area contributed by atoms with Crippen molar-refractivity contribution in [2.24, 2.45) is 0 Å². The number of rotatable bonds is 6. The second-order valence-electron chi connectivity index (χ2n) is 5.96. The number of ether oxygens (including phenoxy) is 2. The van der Waals surface area contributed by atoms with Gasteiger partial charge in [0.2, 0.25) is 10.0 Å². The first kappa shape index (κ1) is 18.5. The SMILES string of the molecule is O=S1(=O)COC[C@@H](COCc2ccc(-c3ccc(CBr)cc3)cc2)N1. The third kappa shape index (κ3) is 5.36. The summed E-state index contributed by atoms with van der Waals surface area (Å²) in [6.07, 6.45) is 0. The van der Waals surface area contributed by atoms with Crippen molar-refractivity contribution in [1.82, 2.24) is 4.72 Å². The van der Waals surface area contributed by atoms with Gasteiger partial charge < -0.3 is 9.47 Å². The second-order valence-corrected chi connectivity index (χ2v) is 8.22. The number of sulfonamides is 1. The minimum Gasteiger partial charge on any atom is -0.375 e. The molecule has 1 fully saturated rings. The molecule has 7 heteroatoms. The molecule has 1 heterocycles. The average Bonchev–Trinajstić information content (AvgIpc) is 2.62. The van der Waals surface area contributed by atoms with Gasteiger partial charge in [-0.2, -0.15) is 0 Å². The minimum atomic E-state index is -3.32. The Labute approximate surface area is 156 Å². The van der Waals surface area contributed by atoms with Crippen LogP contribution in [0.2, 0.25) is 0 Å². The first-order valence-electron chi connectivity index (χ1n) is 7.95. The maximum Gasteiger partial charge on any atom is 0.236 e. The van der Waals surface area contributed by atoms with Gasteiger partial charge in [-0.3, -0.25) is 0 Å². The molecule has 1 saturated heterocycles. The molecular weight excluding hydrogens is 406 g/mol. The zero-order chi connectivity index (χ0) is 17.7. The monoisotopic (exact) mass is 425 g/mol. The largest absolute Gasteiger partial charge is 0.375 e. The fraction of sp³-hybridized carbons (Fsp3) is 0.333. The highest BCUT2D eigenvalue weighted by Crippen LogP contribution is 2.21. The van der Waals surface area contributed by atoms with Gasteiger partial charge in [0.1, 0.15) is 0 Å². The van der Waals surface area contributed by atoms with E-state index in [1.165, 1.54) is 11.1 Å². The van der Waals surface area contributed by atoms with Crippen molar-refractivity contribution in [2.75, 3.05) is 19.2 Å².